The fraction of sp³-hybridized carbons (Fsp3) is 0.222. The third kappa shape index (κ3) is 1.61. The lowest BCUT2D eigenvalue weighted by Crippen LogP contribution is -2.03. The molecule has 0 aromatic heterocycles. The van der Waals surface area contributed by atoms with E-state index in [0.29, 0.717) is 16.8 Å². The topological polar surface area (TPSA) is 64.4 Å². The fourth-order valence-corrected chi connectivity index (χ4v) is 1.05. The van der Waals surface area contributed by atoms with Gasteiger partial charge >= 0.3 is 0 Å². The molecule has 0 unspecified atom stereocenters. The predicted octanol–water partition coefficient (Wildman–Crippen LogP) is 1.35. The van der Waals surface area contributed by atoms with Gasteiger partial charge in [0.1, 0.15) is 0 Å². The second-order valence-corrected chi connectivity index (χ2v) is 2.79. The molecule has 4 heteroatoms. The van der Waals surface area contributed by atoms with Gasteiger partial charge in [0.05, 0.1) is 5.69 Å². The van der Waals surface area contributed by atoms with Gasteiger partial charge in [-0.1, -0.05) is 0 Å². The second-order valence-electron chi connectivity index (χ2n) is 2.79. The van der Waals surface area contributed by atoms with Crippen molar-refractivity contribution in [2.45, 2.75) is 6.92 Å². The molecule has 3 nitrogen and oxygen atoms in total. The second kappa shape index (κ2) is 3.43. The van der Waals surface area contributed by atoms with E-state index in [9.17, 15) is 4.39 Å². The smallest absolute Gasteiger partial charge is 0.151 e. The van der Waals surface area contributed by atoms with Crippen molar-refractivity contribution in [1.29, 1.82) is 0 Å². The third-order valence-electron chi connectivity index (χ3n) is 1.89. The molecule has 0 radical (unpaired) electrons. The number of nitrogens with two attached hydrogens (primary N) is 2. The summed E-state index contributed by atoms with van der Waals surface area (Å²) in [5.41, 5.74) is 12.5. The zero-order valence-corrected chi connectivity index (χ0v) is 7.63. The molecule has 0 amide bonds. The summed E-state index contributed by atoms with van der Waals surface area (Å²) >= 11 is 0. The van der Waals surface area contributed by atoms with Crippen LogP contribution in [0.3, 0.4) is 0 Å². The number of benzene rings is 1. The molecule has 1 aromatic rings. The monoisotopic (exact) mass is 181 g/mol. The summed E-state index contributed by atoms with van der Waals surface area (Å²) in [6, 6.07) is 1.61. The van der Waals surface area contributed by atoms with E-state index in [1.807, 2.05) is 0 Å². The predicted molar refractivity (Wildman–Crippen MR) is 53.5 cm³/mol. The van der Waals surface area contributed by atoms with Crippen LogP contribution >= 0.6 is 0 Å². The summed E-state index contributed by atoms with van der Waals surface area (Å²) in [5.74, 6) is -0.463. The molecule has 0 saturated carbocycles. The van der Waals surface area contributed by atoms with Gasteiger partial charge in [-0.15, -0.1) is 0 Å². The van der Waals surface area contributed by atoms with Crippen molar-refractivity contribution in [3.63, 3.8) is 0 Å². The molecular weight excluding hydrogens is 169 g/mol. The van der Waals surface area contributed by atoms with Crippen LogP contribution in [-0.2, 0) is 0 Å². The summed E-state index contributed by atoms with van der Waals surface area (Å²) in [5, 5.41) is 0. The van der Waals surface area contributed by atoms with E-state index in [2.05, 4.69) is 4.99 Å². The molecule has 0 aliphatic rings. The Morgan fingerprint density at radius 1 is 1.46 bits per heavy atom. The van der Waals surface area contributed by atoms with E-state index in [1.54, 1.807) is 20.0 Å². The Bertz CT molecular complexity index is 358. The number of rotatable bonds is 1. The Kier molecular flexibility index (Phi) is 2.51. The average Bonchev–Trinajstić information content (AvgIpc) is 2.11. The first-order chi connectivity index (χ1) is 6.07. The van der Waals surface area contributed by atoms with Crippen LogP contribution in [0.15, 0.2) is 11.1 Å². The van der Waals surface area contributed by atoms with Crippen LogP contribution in [0.4, 0.5) is 15.8 Å². The molecule has 0 atom stereocenters. The number of nitrogens with zero attached hydrogens (tertiary/aromatic N) is 1. The number of hydrogen-bond donors (Lipinski definition) is 2. The molecular formula is C9H12FN3. The van der Waals surface area contributed by atoms with E-state index < -0.39 is 5.82 Å². The van der Waals surface area contributed by atoms with Gasteiger partial charge < -0.3 is 11.5 Å². The highest BCUT2D eigenvalue weighted by molar-refractivity contribution is 5.89. The molecule has 0 aliphatic carbocycles. The maximum absolute atomic E-state index is 13.3. The molecule has 0 heterocycles. The Labute approximate surface area is 76.3 Å². The highest BCUT2D eigenvalue weighted by Gasteiger charge is 2.09. The fourth-order valence-electron chi connectivity index (χ4n) is 1.05. The van der Waals surface area contributed by atoms with E-state index in [1.165, 1.54) is 6.21 Å². The molecule has 0 bridgehead atoms. The van der Waals surface area contributed by atoms with Crippen LogP contribution in [0.1, 0.15) is 11.1 Å². The van der Waals surface area contributed by atoms with E-state index in [4.69, 9.17) is 11.5 Å². The number of nitrogen functional groups attached to an aromatic ring is 2. The molecule has 13 heavy (non-hydrogen) atoms. The normalized spacial score (nSPS) is 11.0. The minimum absolute atomic E-state index is 0.0947. The van der Waals surface area contributed by atoms with Gasteiger partial charge in [0.2, 0.25) is 0 Å². The van der Waals surface area contributed by atoms with Crippen LogP contribution in [0.25, 0.3) is 0 Å². The average molecular weight is 181 g/mol. The van der Waals surface area contributed by atoms with Gasteiger partial charge in [-0.25, -0.2) is 4.39 Å². The van der Waals surface area contributed by atoms with Gasteiger partial charge in [0.25, 0.3) is 0 Å². The highest BCUT2D eigenvalue weighted by atomic mass is 19.1. The van der Waals surface area contributed by atoms with Crippen LogP contribution in [-0.4, -0.2) is 13.3 Å². The Hall–Kier alpha value is -1.58. The zero-order chi connectivity index (χ0) is 10.0. The minimum atomic E-state index is -0.463. The quantitative estimate of drug-likeness (QED) is 0.507. The number of halogens is 1. The summed E-state index contributed by atoms with van der Waals surface area (Å²) in [7, 11) is 1.59. The Morgan fingerprint density at radius 2 is 2.08 bits per heavy atom. The first kappa shape index (κ1) is 9.51. The Balaban J connectivity index is 3.40. The first-order valence-electron chi connectivity index (χ1n) is 3.84. The maximum atomic E-state index is 13.3. The van der Waals surface area contributed by atoms with E-state index in [-0.39, 0.29) is 5.69 Å². The lowest BCUT2D eigenvalue weighted by atomic mass is 10.1. The summed E-state index contributed by atoms with van der Waals surface area (Å²) in [4.78, 5) is 3.75. The molecule has 0 aliphatic heterocycles. The number of hydrogen-bond acceptors (Lipinski definition) is 3. The van der Waals surface area contributed by atoms with Crippen molar-refractivity contribution in [2.24, 2.45) is 4.99 Å². The van der Waals surface area contributed by atoms with Crippen molar-refractivity contribution in [2.75, 3.05) is 18.5 Å². The van der Waals surface area contributed by atoms with Crippen molar-refractivity contribution < 1.29 is 4.39 Å². The van der Waals surface area contributed by atoms with Crippen LogP contribution < -0.4 is 11.5 Å². The molecule has 70 valence electrons. The number of anilines is 2. The molecule has 1 rings (SSSR count). The van der Waals surface area contributed by atoms with Crippen LogP contribution in [0.5, 0.6) is 0 Å². The minimum Gasteiger partial charge on any atom is -0.398 e. The van der Waals surface area contributed by atoms with Gasteiger partial charge in [0, 0.05) is 30.1 Å². The summed E-state index contributed by atoms with van der Waals surface area (Å²) < 4.78 is 13.3. The van der Waals surface area contributed by atoms with Crippen molar-refractivity contribution in [3.8, 4) is 0 Å². The zero-order valence-electron chi connectivity index (χ0n) is 7.63. The van der Waals surface area contributed by atoms with E-state index >= 15 is 0 Å². The van der Waals surface area contributed by atoms with Gasteiger partial charge in [0.15, 0.2) is 5.82 Å². The highest BCUT2D eigenvalue weighted by Crippen LogP contribution is 2.23. The molecule has 1 aromatic carbocycles. The lowest BCUT2D eigenvalue weighted by Gasteiger charge is -2.07. The summed E-state index contributed by atoms with van der Waals surface area (Å²) in [6.07, 6.45) is 1.48. The van der Waals surface area contributed by atoms with Crippen molar-refractivity contribution in [3.05, 3.63) is 23.0 Å². The molecule has 0 saturated heterocycles. The molecule has 4 N–H and O–H groups in total. The SMILES string of the molecule is CN=Cc1cc(N)c(C)c(F)c1N. The van der Waals surface area contributed by atoms with Crippen molar-refractivity contribution >= 4 is 17.6 Å². The van der Waals surface area contributed by atoms with Gasteiger partial charge in [-0.2, -0.15) is 0 Å². The Morgan fingerprint density at radius 3 is 2.62 bits per heavy atom. The molecule has 0 spiro atoms. The standard InChI is InChI=1S/C9H12FN3/c1-5-7(11)3-6(4-13-2)9(12)8(5)10/h3-4H,11-12H2,1-2H3. The van der Waals surface area contributed by atoms with Gasteiger partial charge in [-0.05, 0) is 13.0 Å². The third-order valence-corrected chi connectivity index (χ3v) is 1.89. The maximum Gasteiger partial charge on any atom is 0.151 e. The van der Waals surface area contributed by atoms with Crippen molar-refractivity contribution in [1.82, 2.24) is 0 Å². The first-order valence-corrected chi connectivity index (χ1v) is 3.84. The van der Waals surface area contributed by atoms with E-state index in [0.717, 1.165) is 0 Å². The number of aliphatic imine (C=N–C) groups is 1. The summed E-state index contributed by atoms with van der Waals surface area (Å²) in [6.45, 7) is 1.59. The van der Waals surface area contributed by atoms with Crippen LogP contribution in [0, 0.1) is 12.7 Å². The van der Waals surface area contributed by atoms with Crippen LogP contribution in [0.2, 0.25) is 0 Å². The van der Waals surface area contributed by atoms with Gasteiger partial charge in [-0.3, -0.25) is 4.99 Å². The largest absolute Gasteiger partial charge is 0.398 e. The molecule has 0 fully saturated rings. The lowest BCUT2D eigenvalue weighted by molar-refractivity contribution is 0.624.